The molecular formula is C21H40O2. The fourth-order valence-corrected chi connectivity index (χ4v) is 3.35. The highest BCUT2D eigenvalue weighted by Gasteiger charge is 2.14. The first-order valence-corrected chi connectivity index (χ1v) is 10.2. The summed E-state index contributed by atoms with van der Waals surface area (Å²) >= 11 is 0. The summed E-state index contributed by atoms with van der Waals surface area (Å²) in [6.07, 6.45) is 20.1. The Balaban J connectivity index is 3.55. The molecule has 2 atom stereocenters. The van der Waals surface area contributed by atoms with Crippen LogP contribution in [-0.2, 0) is 9.59 Å². The molecule has 2 unspecified atom stereocenters. The van der Waals surface area contributed by atoms with E-state index in [0.29, 0.717) is 5.92 Å². The van der Waals surface area contributed by atoms with E-state index >= 15 is 0 Å². The van der Waals surface area contributed by atoms with Crippen molar-refractivity contribution in [1.82, 2.24) is 0 Å². The fourth-order valence-electron chi connectivity index (χ4n) is 3.35. The largest absolute Gasteiger partial charge is 0.303 e. The molecular weight excluding hydrogens is 284 g/mol. The minimum atomic E-state index is 0.292. The molecule has 0 aliphatic carbocycles. The van der Waals surface area contributed by atoms with Gasteiger partial charge < -0.3 is 9.59 Å². The molecule has 0 aromatic rings. The number of hydrogen-bond donors (Lipinski definition) is 0. The van der Waals surface area contributed by atoms with Crippen LogP contribution in [-0.4, -0.2) is 12.6 Å². The Labute approximate surface area is 144 Å². The summed E-state index contributed by atoms with van der Waals surface area (Å²) in [5, 5.41) is 0. The van der Waals surface area contributed by atoms with Crippen LogP contribution in [0, 0.1) is 11.8 Å². The number of carbonyl (C=O) groups excluding carboxylic acids is 2. The van der Waals surface area contributed by atoms with Crippen LogP contribution < -0.4 is 0 Å². The molecule has 0 amide bonds. The zero-order valence-electron chi connectivity index (χ0n) is 15.7. The zero-order chi connectivity index (χ0) is 17.2. The van der Waals surface area contributed by atoms with Gasteiger partial charge in [-0.2, -0.15) is 0 Å². The molecule has 0 aromatic carbocycles. The lowest BCUT2D eigenvalue weighted by Crippen LogP contribution is -2.10. The predicted molar refractivity (Wildman–Crippen MR) is 99.7 cm³/mol. The molecule has 0 spiro atoms. The van der Waals surface area contributed by atoms with Gasteiger partial charge in [0.15, 0.2) is 0 Å². The monoisotopic (exact) mass is 324 g/mol. The van der Waals surface area contributed by atoms with E-state index in [4.69, 9.17) is 0 Å². The molecule has 23 heavy (non-hydrogen) atoms. The molecule has 0 heterocycles. The van der Waals surface area contributed by atoms with Crippen molar-refractivity contribution in [3.8, 4) is 0 Å². The van der Waals surface area contributed by atoms with Gasteiger partial charge in [0.05, 0.1) is 0 Å². The van der Waals surface area contributed by atoms with E-state index in [2.05, 4.69) is 13.8 Å². The third-order valence-corrected chi connectivity index (χ3v) is 5.02. The van der Waals surface area contributed by atoms with E-state index in [1.165, 1.54) is 76.9 Å². The lowest BCUT2D eigenvalue weighted by atomic mass is 9.86. The van der Waals surface area contributed by atoms with Crippen LogP contribution in [0.2, 0.25) is 0 Å². The minimum Gasteiger partial charge on any atom is -0.303 e. The van der Waals surface area contributed by atoms with Crippen LogP contribution in [0.4, 0.5) is 0 Å². The third-order valence-electron chi connectivity index (χ3n) is 5.02. The summed E-state index contributed by atoms with van der Waals surface area (Å²) in [5.41, 5.74) is 0. The minimum absolute atomic E-state index is 0.292. The third kappa shape index (κ3) is 14.7. The smallest absolute Gasteiger partial charge is 0.123 e. The van der Waals surface area contributed by atoms with Crippen molar-refractivity contribution >= 4 is 12.6 Å². The molecule has 0 radical (unpaired) electrons. The van der Waals surface area contributed by atoms with Gasteiger partial charge in [-0.3, -0.25) is 0 Å². The summed E-state index contributed by atoms with van der Waals surface area (Å²) in [7, 11) is 0. The van der Waals surface area contributed by atoms with Crippen LogP contribution in [0.5, 0.6) is 0 Å². The lowest BCUT2D eigenvalue weighted by Gasteiger charge is -2.18. The van der Waals surface area contributed by atoms with Gasteiger partial charge in [0.2, 0.25) is 0 Å². The fraction of sp³-hybridized carbons (Fsp3) is 0.905. The molecule has 0 N–H and O–H groups in total. The highest BCUT2D eigenvalue weighted by Crippen LogP contribution is 2.24. The van der Waals surface area contributed by atoms with Gasteiger partial charge in [0.1, 0.15) is 12.6 Å². The number of carbonyl (C=O) groups is 2. The normalized spacial score (nSPS) is 13.7. The SMILES string of the molecule is CCCCC(CC)CC(C=O)CCCCCCCCCCC=O. The van der Waals surface area contributed by atoms with Gasteiger partial charge in [-0.15, -0.1) is 0 Å². The molecule has 0 fully saturated rings. The van der Waals surface area contributed by atoms with Crippen molar-refractivity contribution in [2.75, 3.05) is 0 Å². The molecule has 0 saturated carbocycles. The summed E-state index contributed by atoms with van der Waals surface area (Å²) in [6, 6.07) is 0. The van der Waals surface area contributed by atoms with Gasteiger partial charge in [0.25, 0.3) is 0 Å². The van der Waals surface area contributed by atoms with Crippen LogP contribution >= 0.6 is 0 Å². The van der Waals surface area contributed by atoms with E-state index in [1.54, 1.807) is 0 Å². The van der Waals surface area contributed by atoms with E-state index in [0.717, 1.165) is 37.9 Å². The Kier molecular flexibility index (Phi) is 17.2. The number of hydrogen-bond acceptors (Lipinski definition) is 2. The Morgan fingerprint density at radius 2 is 1.35 bits per heavy atom. The van der Waals surface area contributed by atoms with Gasteiger partial charge in [0, 0.05) is 12.3 Å². The average molecular weight is 325 g/mol. The van der Waals surface area contributed by atoms with Crippen LogP contribution in [0.25, 0.3) is 0 Å². The molecule has 0 aliphatic heterocycles. The first kappa shape index (κ1) is 22.3. The summed E-state index contributed by atoms with van der Waals surface area (Å²) < 4.78 is 0. The van der Waals surface area contributed by atoms with Crippen LogP contribution in [0.1, 0.15) is 110 Å². The first-order valence-electron chi connectivity index (χ1n) is 10.2. The lowest BCUT2D eigenvalue weighted by molar-refractivity contribution is -0.112. The highest BCUT2D eigenvalue weighted by atomic mass is 16.1. The highest BCUT2D eigenvalue weighted by molar-refractivity contribution is 5.53. The molecule has 136 valence electrons. The van der Waals surface area contributed by atoms with Gasteiger partial charge in [-0.05, 0) is 25.2 Å². The summed E-state index contributed by atoms with van der Waals surface area (Å²) in [4.78, 5) is 21.5. The second kappa shape index (κ2) is 17.7. The average Bonchev–Trinajstić information content (AvgIpc) is 2.58. The molecule has 2 heteroatoms. The van der Waals surface area contributed by atoms with E-state index < -0.39 is 0 Å². The van der Waals surface area contributed by atoms with Crippen molar-refractivity contribution in [3.05, 3.63) is 0 Å². The second-order valence-electron chi connectivity index (χ2n) is 7.12. The molecule has 2 nitrogen and oxygen atoms in total. The van der Waals surface area contributed by atoms with E-state index in [-0.39, 0.29) is 0 Å². The molecule has 0 saturated heterocycles. The molecule has 0 rings (SSSR count). The van der Waals surface area contributed by atoms with Crippen molar-refractivity contribution in [2.45, 2.75) is 110 Å². The maximum absolute atomic E-state index is 11.3. The first-order chi connectivity index (χ1) is 11.3. The predicted octanol–water partition coefficient (Wildman–Crippen LogP) is 6.51. The van der Waals surface area contributed by atoms with Crippen LogP contribution in [0.3, 0.4) is 0 Å². The zero-order valence-corrected chi connectivity index (χ0v) is 15.7. The Morgan fingerprint density at radius 3 is 1.87 bits per heavy atom. The Morgan fingerprint density at radius 1 is 0.739 bits per heavy atom. The van der Waals surface area contributed by atoms with E-state index in [1.807, 2.05) is 0 Å². The summed E-state index contributed by atoms with van der Waals surface area (Å²) in [5.74, 6) is 1.04. The van der Waals surface area contributed by atoms with Crippen molar-refractivity contribution in [2.24, 2.45) is 11.8 Å². The standard InChI is InChI=1S/C21H40O2/c1-3-5-15-20(4-2)18-21(19-23)16-13-11-9-7-6-8-10-12-14-17-22/h17,19-21H,3-16,18H2,1-2H3. The number of rotatable bonds is 18. The van der Waals surface area contributed by atoms with Crippen molar-refractivity contribution in [1.29, 1.82) is 0 Å². The van der Waals surface area contributed by atoms with Crippen molar-refractivity contribution < 1.29 is 9.59 Å². The topological polar surface area (TPSA) is 34.1 Å². The quantitative estimate of drug-likeness (QED) is 0.213. The maximum atomic E-state index is 11.3. The molecule has 0 aromatic heterocycles. The number of aldehydes is 2. The van der Waals surface area contributed by atoms with Gasteiger partial charge in [-0.1, -0.05) is 84.5 Å². The van der Waals surface area contributed by atoms with Gasteiger partial charge >= 0.3 is 0 Å². The summed E-state index contributed by atoms with van der Waals surface area (Å²) in [6.45, 7) is 4.50. The van der Waals surface area contributed by atoms with E-state index in [9.17, 15) is 9.59 Å². The van der Waals surface area contributed by atoms with Gasteiger partial charge in [-0.25, -0.2) is 0 Å². The Bertz CT molecular complexity index is 263. The molecule has 0 aliphatic rings. The number of unbranched alkanes of at least 4 members (excludes halogenated alkanes) is 9. The van der Waals surface area contributed by atoms with Crippen molar-refractivity contribution in [3.63, 3.8) is 0 Å². The molecule has 0 bridgehead atoms. The second-order valence-corrected chi connectivity index (χ2v) is 7.12. The Hall–Kier alpha value is -0.660. The maximum Gasteiger partial charge on any atom is 0.123 e. The van der Waals surface area contributed by atoms with Crippen LogP contribution in [0.15, 0.2) is 0 Å².